The highest BCUT2D eigenvalue weighted by Gasteiger charge is 2.14. The zero-order chi connectivity index (χ0) is 14.4. The SMILES string of the molecule is CCN(Cc1ccccn1)c1nnc(CNC(C)C)o1. The van der Waals surface area contributed by atoms with Gasteiger partial charge < -0.3 is 14.6 Å². The molecule has 0 bridgehead atoms. The number of hydrogen-bond donors (Lipinski definition) is 1. The lowest BCUT2D eigenvalue weighted by Crippen LogP contribution is -2.23. The highest BCUT2D eigenvalue weighted by molar-refractivity contribution is 5.25. The lowest BCUT2D eigenvalue weighted by atomic mass is 10.3. The van der Waals surface area contributed by atoms with Gasteiger partial charge in [0, 0.05) is 18.8 Å². The molecule has 2 heterocycles. The number of aromatic nitrogens is 3. The van der Waals surface area contributed by atoms with Crippen LogP contribution in [0.1, 0.15) is 32.4 Å². The minimum Gasteiger partial charge on any atom is -0.407 e. The molecule has 0 aromatic carbocycles. The molecule has 0 aliphatic carbocycles. The third kappa shape index (κ3) is 4.03. The predicted molar refractivity (Wildman–Crippen MR) is 77.2 cm³/mol. The molecule has 0 amide bonds. The Balaban J connectivity index is 2.01. The van der Waals surface area contributed by atoms with Crippen molar-refractivity contribution in [3.8, 4) is 0 Å². The fourth-order valence-corrected chi connectivity index (χ4v) is 1.74. The van der Waals surface area contributed by atoms with Crippen molar-refractivity contribution in [2.75, 3.05) is 11.4 Å². The Labute approximate surface area is 119 Å². The molecule has 0 saturated heterocycles. The van der Waals surface area contributed by atoms with Crippen molar-refractivity contribution in [2.45, 2.75) is 39.9 Å². The molecular formula is C14H21N5O. The van der Waals surface area contributed by atoms with E-state index >= 15 is 0 Å². The zero-order valence-electron chi connectivity index (χ0n) is 12.2. The fourth-order valence-electron chi connectivity index (χ4n) is 1.74. The molecule has 108 valence electrons. The van der Waals surface area contributed by atoms with E-state index in [1.165, 1.54) is 0 Å². The number of hydrogen-bond acceptors (Lipinski definition) is 6. The molecule has 6 heteroatoms. The standard InChI is InChI=1S/C14H21N5O/c1-4-19(10-12-7-5-6-8-15-12)14-18-17-13(20-14)9-16-11(2)3/h5-8,11,16H,4,9-10H2,1-3H3. The summed E-state index contributed by atoms with van der Waals surface area (Å²) >= 11 is 0. The largest absolute Gasteiger partial charge is 0.407 e. The van der Waals surface area contributed by atoms with E-state index in [9.17, 15) is 0 Å². The maximum absolute atomic E-state index is 5.67. The summed E-state index contributed by atoms with van der Waals surface area (Å²) in [5.74, 6) is 0.605. The number of rotatable bonds is 7. The van der Waals surface area contributed by atoms with E-state index in [0.717, 1.165) is 12.2 Å². The first-order valence-electron chi connectivity index (χ1n) is 6.89. The van der Waals surface area contributed by atoms with E-state index in [-0.39, 0.29) is 0 Å². The van der Waals surface area contributed by atoms with Gasteiger partial charge in [-0.3, -0.25) is 4.98 Å². The topological polar surface area (TPSA) is 67.1 Å². The highest BCUT2D eigenvalue weighted by atomic mass is 16.4. The second-order valence-corrected chi connectivity index (χ2v) is 4.85. The van der Waals surface area contributed by atoms with Crippen LogP contribution in [-0.2, 0) is 13.1 Å². The van der Waals surface area contributed by atoms with Crippen molar-refractivity contribution in [3.63, 3.8) is 0 Å². The number of nitrogens with zero attached hydrogens (tertiary/aromatic N) is 4. The molecule has 0 aliphatic heterocycles. The molecule has 6 nitrogen and oxygen atoms in total. The Kier molecular flexibility index (Phi) is 5.06. The first-order valence-corrected chi connectivity index (χ1v) is 6.89. The molecule has 2 aromatic rings. The number of anilines is 1. The van der Waals surface area contributed by atoms with Crippen molar-refractivity contribution >= 4 is 6.01 Å². The van der Waals surface area contributed by atoms with Crippen LogP contribution >= 0.6 is 0 Å². The molecule has 20 heavy (non-hydrogen) atoms. The molecule has 0 radical (unpaired) electrons. The quantitative estimate of drug-likeness (QED) is 0.833. The second-order valence-electron chi connectivity index (χ2n) is 4.85. The van der Waals surface area contributed by atoms with Crippen LogP contribution < -0.4 is 10.2 Å². The van der Waals surface area contributed by atoms with Crippen LogP contribution in [0.4, 0.5) is 6.01 Å². The van der Waals surface area contributed by atoms with Crippen molar-refractivity contribution in [1.82, 2.24) is 20.5 Å². The van der Waals surface area contributed by atoms with Gasteiger partial charge in [-0.15, -0.1) is 5.10 Å². The van der Waals surface area contributed by atoms with Crippen LogP contribution in [-0.4, -0.2) is 27.8 Å². The van der Waals surface area contributed by atoms with Crippen LogP contribution in [0.25, 0.3) is 0 Å². The molecule has 0 fully saturated rings. The van der Waals surface area contributed by atoms with Crippen molar-refractivity contribution in [2.24, 2.45) is 0 Å². The maximum atomic E-state index is 5.67. The summed E-state index contributed by atoms with van der Waals surface area (Å²) in [4.78, 5) is 6.32. The zero-order valence-corrected chi connectivity index (χ0v) is 12.2. The van der Waals surface area contributed by atoms with Gasteiger partial charge in [-0.2, -0.15) is 0 Å². The van der Waals surface area contributed by atoms with Gasteiger partial charge in [0.05, 0.1) is 18.8 Å². The molecule has 0 atom stereocenters. The minimum absolute atomic E-state index is 0.390. The normalized spacial score (nSPS) is 11.0. The summed E-state index contributed by atoms with van der Waals surface area (Å²) in [7, 11) is 0. The smallest absolute Gasteiger partial charge is 0.318 e. The van der Waals surface area contributed by atoms with Crippen molar-refractivity contribution < 1.29 is 4.42 Å². The van der Waals surface area contributed by atoms with E-state index in [1.54, 1.807) is 6.20 Å². The Bertz CT molecular complexity index is 511. The van der Waals surface area contributed by atoms with E-state index in [0.29, 0.717) is 31.0 Å². The average molecular weight is 275 g/mol. The average Bonchev–Trinajstić information content (AvgIpc) is 2.92. The van der Waals surface area contributed by atoms with Crippen LogP contribution in [0.2, 0.25) is 0 Å². The first-order chi connectivity index (χ1) is 9.69. The van der Waals surface area contributed by atoms with Crippen LogP contribution in [0.5, 0.6) is 0 Å². The molecule has 0 unspecified atom stereocenters. The van der Waals surface area contributed by atoms with Gasteiger partial charge in [-0.05, 0) is 19.1 Å². The van der Waals surface area contributed by atoms with E-state index in [1.807, 2.05) is 23.1 Å². The third-order valence-electron chi connectivity index (χ3n) is 2.85. The summed E-state index contributed by atoms with van der Waals surface area (Å²) in [6.07, 6.45) is 1.79. The van der Waals surface area contributed by atoms with Crippen molar-refractivity contribution in [1.29, 1.82) is 0 Å². The lowest BCUT2D eigenvalue weighted by molar-refractivity contribution is 0.446. The summed E-state index contributed by atoms with van der Waals surface area (Å²) in [5.41, 5.74) is 0.981. The highest BCUT2D eigenvalue weighted by Crippen LogP contribution is 2.14. The summed E-state index contributed by atoms with van der Waals surface area (Å²) in [6.45, 7) is 8.25. The summed E-state index contributed by atoms with van der Waals surface area (Å²) < 4.78 is 5.67. The maximum Gasteiger partial charge on any atom is 0.318 e. The Morgan fingerprint density at radius 1 is 1.30 bits per heavy atom. The molecule has 2 rings (SSSR count). The molecule has 0 aliphatic rings. The minimum atomic E-state index is 0.390. The second kappa shape index (κ2) is 7.00. The van der Waals surface area contributed by atoms with Crippen LogP contribution in [0, 0.1) is 0 Å². The number of nitrogens with one attached hydrogen (secondary N) is 1. The lowest BCUT2D eigenvalue weighted by Gasteiger charge is -2.17. The van der Waals surface area contributed by atoms with Crippen molar-refractivity contribution in [3.05, 3.63) is 36.0 Å². The van der Waals surface area contributed by atoms with Gasteiger partial charge in [-0.25, -0.2) is 0 Å². The molecule has 0 saturated carbocycles. The van der Waals surface area contributed by atoms with Crippen LogP contribution in [0.3, 0.4) is 0 Å². The summed E-state index contributed by atoms with van der Waals surface area (Å²) in [6, 6.07) is 6.80. The molecular weight excluding hydrogens is 254 g/mol. The fraction of sp³-hybridized carbons (Fsp3) is 0.500. The Morgan fingerprint density at radius 2 is 2.15 bits per heavy atom. The van der Waals surface area contributed by atoms with Gasteiger partial charge in [0.1, 0.15) is 0 Å². The first kappa shape index (κ1) is 14.5. The van der Waals surface area contributed by atoms with Gasteiger partial charge in [0.15, 0.2) is 0 Å². The molecule has 0 spiro atoms. The Hall–Kier alpha value is -1.95. The predicted octanol–water partition coefficient (Wildman–Crippen LogP) is 1.99. The van der Waals surface area contributed by atoms with Crippen LogP contribution in [0.15, 0.2) is 28.8 Å². The van der Waals surface area contributed by atoms with E-state index < -0.39 is 0 Å². The monoisotopic (exact) mass is 275 g/mol. The van der Waals surface area contributed by atoms with E-state index in [4.69, 9.17) is 4.42 Å². The summed E-state index contributed by atoms with van der Waals surface area (Å²) in [5, 5.41) is 11.4. The third-order valence-corrected chi connectivity index (χ3v) is 2.85. The van der Waals surface area contributed by atoms with Gasteiger partial charge >= 0.3 is 6.01 Å². The van der Waals surface area contributed by atoms with E-state index in [2.05, 4.69) is 41.3 Å². The molecule has 2 aromatic heterocycles. The van der Waals surface area contributed by atoms with Gasteiger partial charge in [0.25, 0.3) is 0 Å². The Morgan fingerprint density at radius 3 is 2.80 bits per heavy atom. The number of pyridine rings is 1. The molecule has 1 N–H and O–H groups in total. The van der Waals surface area contributed by atoms with Gasteiger partial charge in [-0.1, -0.05) is 25.0 Å². The van der Waals surface area contributed by atoms with Gasteiger partial charge in [0.2, 0.25) is 5.89 Å².